The zero-order valence-electron chi connectivity index (χ0n) is 7.09. The summed E-state index contributed by atoms with van der Waals surface area (Å²) in [6, 6.07) is -0.0591. The highest BCUT2D eigenvalue weighted by Gasteiger charge is 2.23. The van der Waals surface area contributed by atoms with Gasteiger partial charge in [-0.3, -0.25) is 4.79 Å². The fourth-order valence-corrected chi connectivity index (χ4v) is 1.34. The zero-order valence-corrected chi connectivity index (χ0v) is 7.09. The van der Waals surface area contributed by atoms with E-state index in [1.54, 1.807) is 0 Å². The Balaban J connectivity index is 2.33. The second-order valence-electron chi connectivity index (χ2n) is 3.17. The molecule has 0 aromatic carbocycles. The molecule has 0 aromatic rings. The van der Waals surface area contributed by atoms with Gasteiger partial charge in [-0.05, 0) is 25.3 Å². The molecule has 64 valence electrons. The first-order valence-corrected chi connectivity index (χ1v) is 4.05. The van der Waals surface area contributed by atoms with E-state index in [2.05, 4.69) is 17.0 Å². The quantitative estimate of drug-likeness (QED) is 0.565. The molecule has 0 spiro atoms. The lowest BCUT2D eigenvalue weighted by Crippen LogP contribution is -2.43. The lowest BCUT2D eigenvalue weighted by molar-refractivity contribution is -0.143. The Morgan fingerprint density at radius 2 is 2.27 bits per heavy atom. The third-order valence-electron chi connectivity index (χ3n) is 2.15. The van der Waals surface area contributed by atoms with Gasteiger partial charge in [-0.2, -0.15) is 0 Å². The van der Waals surface area contributed by atoms with Gasteiger partial charge in [-0.15, -0.1) is 0 Å². The minimum absolute atomic E-state index is 0.0591. The van der Waals surface area contributed by atoms with Gasteiger partial charge >= 0.3 is 5.97 Å². The number of methoxy groups -OCH3 is 1. The monoisotopic (exact) mass is 157 g/mol. The van der Waals surface area contributed by atoms with Gasteiger partial charge in [0.25, 0.3) is 0 Å². The Morgan fingerprint density at radius 1 is 1.55 bits per heavy atom. The Morgan fingerprint density at radius 3 is 2.73 bits per heavy atom. The Hall–Kier alpha value is -0.570. The highest BCUT2D eigenvalue weighted by molar-refractivity contribution is 5.75. The summed E-state index contributed by atoms with van der Waals surface area (Å²) >= 11 is 0. The van der Waals surface area contributed by atoms with E-state index in [0.717, 1.165) is 19.4 Å². The van der Waals surface area contributed by atoms with Crippen LogP contribution in [-0.2, 0) is 9.53 Å². The molecular formula is C8H15NO2. The maximum atomic E-state index is 11.0. The average Bonchev–Trinajstić information content (AvgIpc) is 2.05. The largest absolute Gasteiger partial charge is 0.468 e. The van der Waals surface area contributed by atoms with Crippen LogP contribution in [0.5, 0.6) is 0 Å². The number of carbonyl (C=O) groups excluding carboxylic acids is 1. The Labute approximate surface area is 67.1 Å². The molecule has 3 heteroatoms. The standard InChI is InChI=1S/C8H15NO2/c1-6-3-4-7(9-5-6)8(10)11-2/h6-7,9H,3-5H2,1-2H3/t6-,7+/m1/s1. The van der Waals surface area contributed by atoms with Crippen LogP contribution in [0, 0.1) is 5.92 Å². The molecule has 0 amide bonds. The number of hydrogen-bond acceptors (Lipinski definition) is 3. The summed E-state index contributed by atoms with van der Waals surface area (Å²) in [6.45, 7) is 3.11. The molecule has 0 unspecified atom stereocenters. The van der Waals surface area contributed by atoms with Gasteiger partial charge in [-0.25, -0.2) is 0 Å². The molecule has 1 fully saturated rings. The van der Waals surface area contributed by atoms with Gasteiger partial charge < -0.3 is 10.1 Å². The molecular weight excluding hydrogens is 142 g/mol. The number of esters is 1. The maximum Gasteiger partial charge on any atom is 0.322 e. The van der Waals surface area contributed by atoms with Crippen LogP contribution in [0.2, 0.25) is 0 Å². The van der Waals surface area contributed by atoms with E-state index >= 15 is 0 Å². The molecule has 3 nitrogen and oxygen atoms in total. The van der Waals surface area contributed by atoms with Gasteiger partial charge in [-0.1, -0.05) is 6.92 Å². The topological polar surface area (TPSA) is 38.3 Å². The van der Waals surface area contributed by atoms with E-state index in [4.69, 9.17) is 0 Å². The van der Waals surface area contributed by atoms with Crippen molar-refractivity contribution < 1.29 is 9.53 Å². The number of piperidine rings is 1. The third kappa shape index (κ3) is 2.19. The fourth-order valence-electron chi connectivity index (χ4n) is 1.34. The van der Waals surface area contributed by atoms with Gasteiger partial charge in [0.05, 0.1) is 7.11 Å². The summed E-state index contributed by atoms with van der Waals surface area (Å²) in [7, 11) is 1.43. The molecule has 0 aromatic heterocycles. The van der Waals surface area contributed by atoms with E-state index in [1.165, 1.54) is 7.11 Å². The van der Waals surface area contributed by atoms with Crippen LogP contribution in [0.3, 0.4) is 0 Å². The van der Waals surface area contributed by atoms with E-state index < -0.39 is 0 Å². The fraction of sp³-hybridized carbons (Fsp3) is 0.875. The minimum atomic E-state index is -0.128. The van der Waals surface area contributed by atoms with Crippen molar-refractivity contribution in [3.05, 3.63) is 0 Å². The van der Waals surface area contributed by atoms with Crippen molar-refractivity contribution in [3.8, 4) is 0 Å². The molecule has 1 aliphatic heterocycles. The summed E-state index contributed by atoms with van der Waals surface area (Å²) in [5, 5.41) is 3.14. The Bertz CT molecular complexity index is 139. The highest BCUT2D eigenvalue weighted by atomic mass is 16.5. The minimum Gasteiger partial charge on any atom is -0.468 e. The van der Waals surface area contributed by atoms with Crippen LogP contribution >= 0.6 is 0 Å². The number of ether oxygens (including phenoxy) is 1. The van der Waals surface area contributed by atoms with E-state index in [9.17, 15) is 4.79 Å². The van der Waals surface area contributed by atoms with Crippen molar-refractivity contribution in [1.82, 2.24) is 5.32 Å². The first-order chi connectivity index (χ1) is 5.24. The van der Waals surface area contributed by atoms with Gasteiger partial charge in [0.1, 0.15) is 6.04 Å². The number of nitrogens with one attached hydrogen (secondary N) is 1. The molecule has 11 heavy (non-hydrogen) atoms. The van der Waals surface area contributed by atoms with Gasteiger partial charge in [0.15, 0.2) is 0 Å². The highest BCUT2D eigenvalue weighted by Crippen LogP contribution is 2.13. The number of rotatable bonds is 1. The van der Waals surface area contributed by atoms with Crippen molar-refractivity contribution in [1.29, 1.82) is 0 Å². The lowest BCUT2D eigenvalue weighted by Gasteiger charge is -2.25. The molecule has 1 aliphatic rings. The average molecular weight is 157 g/mol. The maximum absolute atomic E-state index is 11.0. The molecule has 1 heterocycles. The van der Waals surface area contributed by atoms with Crippen molar-refractivity contribution in [2.45, 2.75) is 25.8 Å². The summed E-state index contributed by atoms with van der Waals surface area (Å²) in [4.78, 5) is 11.0. The van der Waals surface area contributed by atoms with Crippen LogP contribution < -0.4 is 5.32 Å². The summed E-state index contributed by atoms with van der Waals surface area (Å²) in [6.07, 6.45) is 2.03. The third-order valence-corrected chi connectivity index (χ3v) is 2.15. The second kappa shape index (κ2) is 3.72. The summed E-state index contributed by atoms with van der Waals surface area (Å²) in [5.41, 5.74) is 0. The molecule has 1 saturated heterocycles. The smallest absolute Gasteiger partial charge is 0.322 e. The van der Waals surface area contributed by atoms with Gasteiger partial charge in [0.2, 0.25) is 0 Å². The Kier molecular flexibility index (Phi) is 2.88. The number of hydrogen-bond donors (Lipinski definition) is 1. The van der Waals surface area contributed by atoms with Crippen LogP contribution in [-0.4, -0.2) is 25.7 Å². The van der Waals surface area contributed by atoms with Crippen molar-refractivity contribution >= 4 is 5.97 Å². The summed E-state index contributed by atoms with van der Waals surface area (Å²) < 4.78 is 4.62. The zero-order chi connectivity index (χ0) is 8.27. The van der Waals surface area contributed by atoms with Crippen molar-refractivity contribution in [3.63, 3.8) is 0 Å². The van der Waals surface area contributed by atoms with Crippen molar-refractivity contribution in [2.75, 3.05) is 13.7 Å². The molecule has 2 atom stereocenters. The predicted octanol–water partition coefficient (Wildman–Crippen LogP) is 0.547. The van der Waals surface area contributed by atoms with E-state index in [-0.39, 0.29) is 12.0 Å². The second-order valence-corrected chi connectivity index (χ2v) is 3.17. The van der Waals surface area contributed by atoms with E-state index in [0.29, 0.717) is 5.92 Å². The molecule has 1 rings (SSSR count). The van der Waals surface area contributed by atoms with Crippen molar-refractivity contribution in [2.24, 2.45) is 5.92 Å². The SMILES string of the molecule is COC(=O)[C@@H]1CC[C@@H](C)CN1. The predicted molar refractivity (Wildman–Crippen MR) is 42.2 cm³/mol. The van der Waals surface area contributed by atoms with E-state index in [1.807, 2.05) is 0 Å². The molecule has 0 saturated carbocycles. The summed E-state index contributed by atoms with van der Waals surface area (Å²) in [5.74, 6) is 0.563. The number of carbonyl (C=O) groups is 1. The van der Waals surface area contributed by atoms with Crippen LogP contribution in [0.25, 0.3) is 0 Å². The van der Waals surface area contributed by atoms with Crippen LogP contribution in [0.15, 0.2) is 0 Å². The first kappa shape index (κ1) is 8.53. The first-order valence-electron chi connectivity index (χ1n) is 4.05. The normalized spacial score (nSPS) is 31.5. The molecule has 0 radical (unpaired) electrons. The molecule has 0 bridgehead atoms. The van der Waals surface area contributed by atoms with Gasteiger partial charge in [0, 0.05) is 0 Å². The van der Waals surface area contributed by atoms with Crippen LogP contribution in [0.1, 0.15) is 19.8 Å². The molecule has 0 aliphatic carbocycles. The lowest BCUT2D eigenvalue weighted by atomic mass is 9.97. The molecule has 1 N–H and O–H groups in total. The van der Waals surface area contributed by atoms with Crippen LogP contribution in [0.4, 0.5) is 0 Å².